The Balaban J connectivity index is 2.13. The Morgan fingerprint density at radius 3 is 2.50 bits per heavy atom. The van der Waals surface area contributed by atoms with Crippen LogP contribution in [0.2, 0.25) is 5.02 Å². The number of aromatic nitrogens is 2. The van der Waals surface area contributed by atoms with E-state index in [1.54, 1.807) is 32.2 Å². The predicted molar refractivity (Wildman–Crippen MR) is 78.8 cm³/mol. The number of halogens is 1. The molecule has 0 aliphatic carbocycles. The number of benzene rings is 1. The van der Waals surface area contributed by atoms with E-state index in [1.165, 1.54) is 0 Å². The summed E-state index contributed by atoms with van der Waals surface area (Å²) in [6.07, 6.45) is 1.56. The molecule has 1 aromatic heterocycles. The number of carbonyl (C=O) groups excluding carboxylic acids is 1. The number of aryl methyl sites for hydroxylation is 2. The molecule has 1 atom stereocenters. The summed E-state index contributed by atoms with van der Waals surface area (Å²) in [4.78, 5) is 20.5. The maximum atomic E-state index is 12.2. The lowest BCUT2D eigenvalue weighted by Crippen LogP contribution is -2.27. The van der Waals surface area contributed by atoms with Crippen LogP contribution in [0.4, 0.5) is 0 Å². The van der Waals surface area contributed by atoms with E-state index < -0.39 is 0 Å². The largest absolute Gasteiger partial charge is 0.345 e. The number of carbonyl (C=O) groups is 1. The van der Waals surface area contributed by atoms with Crippen LogP contribution in [0.15, 0.2) is 30.5 Å². The molecule has 1 N–H and O–H groups in total. The van der Waals surface area contributed by atoms with Crippen molar-refractivity contribution in [3.63, 3.8) is 0 Å². The van der Waals surface area contributed by atoms with Gasteiger partial charge in [-0.25, -0.2) is 9.97 Å². The van der Waals surface area contributed by atoms with Gasteiger partial charge in [0.1, 0.15) is 5.82 Å². The van der Waals surface area contributed by atoms with E-state index in [4.69, 9.17) is 11.6 Å². The lowest BCUT2D eigenvalue weighted by Gasteiger charge is -2.15. The van der Waals surface area contributed by atoms with Crippen LogP contribution in [0.1, 0.15) is 40.4 Å². The Hall–Kier alpha value is -1.94. The molecule has 0 radical (unpaired) electrons. The van der Waals surface area contributed by atoms with Gasteiger partial charge in [-0.2, -0.15) is 0 Å². The zero-order valence-electron chi connectivity index (χ0n) is 11.6. The van der Waals surface area contributed by atoms with Crippen LogP contribution in [0.5, 0.6) is 0 Å². The molecule has 0 aliphatic rings. The SMILES string of the molecule is Cc1ncc(C(=O)N[C@H](C)c2ccc(Cl)cc2)c(C)n1. The topological polar surface area (TPSA) is 54.9 Å². The number of rotatable bonds is 3. The van der Waals surface area contributed by atoms with Crippen molar-refractivity contribution in [2.75, 3.05) is 0 Å². The van der Waals surface area contributed by atoms with E-state index in [0.29, 0.717) is 22.1 Å². The average molecular weight is 290 g/mol. The lowest BCUT2D eigenvalue weighted by molar-refractivity contribution is 0.0938. The third-order valence-electron chi connectivity index (χ3n) is 3.06. The van der Waals surface area contributed by atoms with Crippen molar-refractivity contribution in [3.05, 3.63) is 58.1 Å². The van der Waals surface area contributed by atoms with E-state index in [-0.39, 0.29) is 11.9 Å². The molecule has 0 saturated heterocycles. The third kappa shape index (κ3) is 3.33. The van der Waals surface area contributed by atoms with Crippen LogP contribution >= 0.6 is 11.6 Å². The molecule has 0 spiro atoms. The first-order valence-electron chi connectivity index (χ1n) is 6.34. The quantitative estimate of drug-likeness (QED) is 0.944. The van der Waals surface area contributed by atoms with E-state index in [1.807, 2.05) is 19.1 Å². The van der Waals surface area contributed by atoms with Crippen molar-refractivity contribution in [2.24, 2.45) is 0 Å². The molecule has 104 valence electrons. The van der Waals surface area contributed by atoms with Crippen LogP contribution in [0.3, 0.4) is 0 Å². The summed E-state index contributed by atoms with van der Waals surface area (Å²) >= 11 is 5.85. The van der Waals surface area contributed by atoms with Gasteiger partial charge >= 0.3 is 0 Å². The molecule has 0 bridgehead atoms. The van der Waals surface area contributed by atoms with E-state index in [2.05, 4.69) is 15.3 Å². The number of hydrogen-bond donors (Lipinski definition) is 1. The smallest absolute Gasteiger partial charge is 0.255 e. The highest BCUT2D eigenvalue weighted by atomic mass is 35.5. The molecule has 0 saturated carbocycles. The molecule has 1 amide bonds. The fourth-order valence-corrected chi connectivity index (χ4v) is 2.04. The molecular formula is C15H16ClN3O. The monoisotopic (exact) mass is 289 g/mol. The van der Waals surface area contributed by atoms with Gasteiger partial charge in [0, 0.05) is 11.2 Å². The van der Waals surface area contributed by atoms with E-state index in [0.717, 1.165) is 5.56 Å². The summed E-state index contributed by atoms with van der Waals surface area (Å²) in [5.74, 6) is 0.481. The van der Waals surface area contributed by atoms with Gasteiger partial charge in [0.2, 0.25) is 0 Å². The number of hydrogen-bond acceptors (Lipinski definition) is 3. The molecule has 2 aromatic rings. The molecule has 2 rings (SSSR count). The lowest BCUT2D eigenvalue weighted by atomic mass is 10.1. The molecule has 0 unspecified atom stereocenters. The maximum Gasteiger partial charge on any atom is 0.255 e. The van der Waals surface area contributed by atoms with Gasteiger partial charge in [0.15, 0.2) is 0 Å². The zero-order valence-corrected chi connectivity index (χ0v) is 12.4. The fraction of sp³-hybridized carbons (Fsp3) is 0.267. The second-order valence-electron chi connectivity index (χ2n) is 4.66. The van der Waals surface area contributed by atoms with Crippen LogP contribution in [-0.4, -0.2) is 15.9 Å². The molecule has 0 fully saturated rings. The summed E-state index contributed by atoms with van der Waals surface area (Å²) in [7, 11) is 0. The first-order valence-corrected chi connectivity index (χ1v) is 6.71. The van der Waals surface area contributed by atoms with Crippen molar-refractivity contribution < 1.29 is 4.79 Å². The summed E-state index contributed by atoms with van der Waals surface area (Å²) in [5, 5.41) is 3.61. The Morgan fingerprint density at radius 2 is 1.90 bits per heavy atom. The van der Waals surface area contributed by atoms with Crippen LogP contribution in [0, 0.1) is 13.8 Å². The molecule has 4 nitrogen and oxygen atoms in total. The number of amides is 1. The summed E-state index contributed by atoms with van der Waals surface area (Å²) in [6.45, 7) is 5.52. The normalized spacial score (nSPS) is 12.0. The number of nitrogens with one attached hydrogen (secondary N) is 1. The molecule has 5 heteroatoms. The minimum Gasteiger partial charge on any atom is -0.345 e. The summed E-state index contributed by atoms with van der Waals surface area (Å²) in [6, 6.07) is 7.29. The highest BCUT2D eigenvalue weighted by molar-refractivity contribution is 6.30. The van der Waals surface area contributed by atoms with Gasteiger partial charge in [-0.1, -0.05) is 23.7 Å². The average Bonchev–Trinajstić information content (AvgIpc) is 2.39. The van der Waals surface area contributed by atoms with Crippen molar-refractivity contribution in [2.45, 2.75) is 26.8 Å². The van der Waals surface area contributed by atoms with Crippen molar-refractivity contribution in [3.8, 4) is 0 Å². The highest BCUT2D eigenvalue weighted by Gasteiger charge is 2.14. The van der Waals surface area contributed by atoms with E-state index >= 15 is 0 Å². The third-order valence-corrected chi connectivity index (χ3v) is 3.31. The Labute approximate surface area is 123 Å². The second-order valence-corrected chi connectivity index (χ2v) is 5.10. The number of nitrogens with zero attached hydrogens (tertiary/aromatic N) is 2. The predicted octanol–water partition coefficient (Wildman–Crippen LogP) is 3.24. The standard InChI is InChI=1S/C15H16ClN3O/c1-9(12-4-6-13(16)7-5-12)19-15(20)14-8-17-11(3)18-10(14)2/h4-9H,1-3H3,(H,19,20)/t9-/m1/s1. The van der Waals surface area contributed by atoms with Gasteiger partial charge in [0.05, 0.1) is 17.3 Å². The minimum atomic E-state index is -0.176. The minimum absolute atomic E-state index is 0.111. The first kappa shape index (κ1) is 14.5. The van der Waals surface area contributed by atoms with Crippen LogP contribution < -0.4 is 5.32 Å². The van der Waals surface area contributed by atoms with Crippen molar-refractivity contribution >= 4 is 17.5 Å². The first-order chi connectivity index (χ1) is 9.47. The van der Waals surface area contributed by atoms with Gasteiger partial charge in [-0.05, 0) is 38.5 Å². The zero-order chi connectivity index (χ0) is 14.7. The molecule has 0 aliphatic heterocycles. The van der Waals surface area contributed by atoms with E-state index in [9.17, 15) is 4.79 Å². The summed E-state index contributed by atoms with van der Waals surface area (Å²) in [5.41, 5.74) is 2.17. The molecule has 1 aromatic carbocycles. The summed E-state index contributed by atoms with van der Waals surface area (Å²) < 4.78 is 0. The molecular weight excluding hydrogens is 274 g/mol. The van der Waals surface area contributed by atoms with Gasteiger partial charge in [0.25, 0.3) is 5.91 Å². The van der Waals surface area contributed by atoms with Gasteiger partial charge in [-0.3, -0.25) is 4.79 Å². The molecule has 1 heterocycles. The Morgan fingerprint density at radius 1 is 1.25 bits per heavy atom. The van der Waals surface area contributed by atoms with Gasteiger partial charge < -0.3 is 5.32 Å². The Bertz CT molecular complexity index is 626. The van der Waals surface area contributed by atoms with Crippen molar-refractivity contribution in [1.29, 1.82) is 0 Å². The van der Waals surface area contributed by atoms with Gasteiger partial charge in [-0.15, -0.1) is 0 Å². The van der Waals surface area contributed by atoms with Crippen LogP contribution in [-0.2, 0) is 0 Å². The fourth-order valence-electron chi connectivity index (χ4n) is 1.92. The highest BCUT2D eigenvalue weighted by Crippen LogP contribution is 2.16. The van der Waals surface area contributed by atoms with Crippen LogP contribution in [0.25, 0.3) is 0 Å². The van der Waals surface area contributed by atoms with Crippen molar-refractivity contribution in [1.82, 2.24) is 15.3 Å². The maximum absolute atomic E-state index is 12.2. The molecule has 20 heavy (non-hydrogen) atoms. The Kier molecular flexibility index (Phi) is 4.35. The second kappa shape index (κ2) is 6.01.